The average Bonchev–Trinajstić information content (AvgIpc) is 2.80. The second-order valence-corrected chi connectivity index (χ2v) is 7.33. The summed E-state index contributed by atoms with van der Waals surface area (Å²) in [5.74, 6) is -1.93. The number of hydrogen-bond donors (Lipinski definition) is 7. The fourth-order valence-corrected chi connectivity index (χ4v) is 3.19. The van der Waals surface area contributed by atoms with Gasteiger partial charge >= 0.3 is 11.9 Å². The molecule has 1 aromatic heterocycles. The van der Waals surface area contributed by atoms with E-state index in [4.69, 9.17) is 5.73 Å². The molecule has 13 heteroatoms. The van der Waals surface area contributed by atoms with Crippen molar-refractivity contribution in [2.24, 2.45) is 0 Å². The predicted molar refractivity (Wildman–Crippen MR) is 120 cm³/mol. The average molecular weight is 459 g/mol. The van der Waals surface area contributed by atoms with Crippen molar-refractivity contribution in [1.82, 2.24) is 15.3 Å². The molecule has 2 aromatic rings. The molecule has 1 aliphatic rings. The standard InChI is InChI=1S/C20H25N7O6/c1-33-14(28)7-6-13(19(31)32)25-17(29)10-2-4-11(5-3-10)22-8-12-9-23-16-15(24-12)18(30)27-20(21)26-16/h2-5,12-13,22,24H,6-9H2,1H3,(H,25,29)(H,31,32)(H4,21,23,26,27,30)/t12-,13-/m0/s1. The van der Waals surface area contributed by atoms with Gasteiger partial charge < -0.3 is 36.8 Å². The molecule has 0 radical (unpaired) electrons. The number of esters is 1. The molecule has 0 unspecified atom stereocenters. The molecule has 0 aliphatic carbocycles. The van der Waals surface area contributed by atoms with Gasteiger partial charge in [-0.15, -0.1) is 0 Å². The van der Waals surface area contributed by atoms with E-state index in [1.165, 1.54) is 7.11 Å². The number of nitrogens with two attached hydrogens (primary N) is 1. The highest BCUT2D eigenvalue weighted by Gasteiger charge is 2.23. The Morgan fingerprint density at radius 2 is 2.03 bits per heavy atom. The molecule has 33 heavy (non-hydrogen) atoms. The van der Waals surface area contributed by atoms with Crippen molar-refractivity contribution >= 4 is 41.0 Å². The molecule has 2 atom stereocenters. The molecule has 0 fully saturated rings. The molecule has 0 spiro atoms. The van der Waals surface area contributed by atoms with Crippen LogP contribution >= 0.6 is 0 Å². The number of H-pyrrole nitrogens is 1. The van der Waals surface area contributed by atoms with Crippen molar-refractivity contribution in [2.45, 2.75) is 24.9 Å². The maximum Gasteiger partial charge on any atom is 0.326 e. The third-order valence-electron chi connectivity index (χ3n) is 4.97. The van der Waals surface area contributed by atoms with Crippen LogP contribution < -0.4 is 32.6 Å². The molecule has 3 rings (SSSR count). The maximum atomic E-state index is 12.4. The molecular formula is C20H25N7O6. The first-order valence-electron chi connectivity index (χ1n) is 10.1. The number of aromatic nitrogens is 2. The smallest absolute Gasteiger partial charge is 0.326 e. The molecule has 0 saturated carbocycles. The maximum absolute atomic E-state index is 12.4. The number of nitrogens with zero attached hydrogens (tertiary/aromatic N) is 1. The Bertz CT molecular complexity index is 1090. The molecule has 2 heterocycles. The number of benzene rings is 1. The lowest BCUT2D eigenvalue weighted by atomic mass is 10.1. The number of carbonyl (C=O) groups excluding carboxylic acids is 2. The molecule has 176 valence electrons. The first-order valence-corrected chi connectivity index (χ1v) is 10.1. The quantitative estimate of drug-likeness (QED) is 0.245. The molecule has 1 amide bonds. The van der Waals surface area contributed by atoms with Crippen molar-refractivity contribution in [2.75, 3.05) is 41.9 Å². The van der Waals surface area contributed by atoms with E-state index in [-0.39, 0.29) is 36.0 Å². The van der Waals surface area contributed by atoms with Crippen LogP contribution in [0.1, 0.15) is 23.2 Å². The van der Waals surface area contributed by atoms with E-state index in [1.807, 2.05) is 0 Å². The summed E-state index contributed by atoms with van der Waals surface area (Å²) in [4.78, 5) is 53.5. The van der Waals surface area contributed by atoms with E-state index in [0.29, 0.717) is 24.6 Å². The monoisotopic (exact) mass is 459 g/mol. The summed E-state index contributed by atoms with van der Waals surface area (Å²) in [7, 11) is 1.21. The van der Waals surface area contributed by atoms with Gasteiger partial charge in [-0.1, -0.05) is 0 Å². The van der Waals surface area contributed by atoms with Gasteiger partial charge in [0.2, 0.25) is 5.95 Å². The Labute approximate surface area is 188 Å². The lowest BCUT2D eigenvalue weighted by molar-refractivity contribution is -0.142. The fraction of sp³-hybridized carbons (Fsp3) is 0.350. The van der Waals surface area contributed by atoms with E-state index in [1.54, 1.807) is 24.3 Å². The fourth-order valence-electron chi connectivity index (χ4n) is 3.19. The highest BCUT2D eigenvalue weighted by atomic mass is 16.5. The molecule has 0 saturated heterocycles. The third-order valence-corrected chi connectivity index (χ3v) is 4.97. The van der Waals surface area contributed by atoms with Crippen LogP contribution in [0.2, 0.25) is 0 Å². The van der Waals surface area contributed by atoms with E-state index in [9.17, 15) is 24.3 Å². The van der Waals surface area contributed by atoms with Crippen LogP contribution in [0, 0.1) is 0 Å². The number of aliphatic carboxylic acids is 1. The summed E-state index contributed by atoms with van der Waals surface area (Å²) in [6, 6.07) is 5.14. The van der Waals surface area contributed by atoms with Gasteiger partial charge in [-0.25, -0.2) is 4.79 Å². The number of hydrogen-bond acceptors (Lipinski definition) is 10. The molecular weight excluding hydrogens is 434 g/mol. The zero-order valence-electron chi connectivity index (χ0n) is 17.8. The van der Waals surface area contributed by atoms with E-state index in [2.05, 4.69) is 36.0 Å². The number of aromatic amines is 1. The highest BCUT2D eigenvalue weighted by Crippen LogP contribution is 2.20. The molecule has 13 nitrogen and oxygen atoms in total. The number of carboxylic acid groups (broad SMARTS) is 1. The minimum absolute atomic E-state index is 0.0342. The third kappa shape index (κ3) is 6.12. The van der Waals surface area contributed by atoms with Crippen LogP contribution in [0.25, 0.3) is 0 Å². The van der Waals surface area contributed by atoms with Crippen molar-refractivity contribution in [1.29, 1.82) is 0 Å². The zero-order chi connectivity index (χ0) is 24.0. The van der Waals surface area contributed by atoms with Crippen molar-refractivity contribution in [3.05, 3.63) is 40.2 Å². The van der Waals surface area contributed by atoms with Crippen LogP contribution in [0.4, 0.5) is 23.1 Å². The summed E-state index contributed by atoms with van der Waals surface area (Å²) in [6.45, 7) is 0.981. The summed E-state index contributed by atoms with van der Waals surface area (Å²) < 4.78 is 4.49. The lowest BCUT2D eigenvalue weighted by Crippen LogP contribution is -2.41. The van der Waals surface area contributed by atoms with Crippen LogP contribution in [-0.4, -0.2) is 65.2 Å². The summed E-state index contributed by atoms with van der Waals surface area (Å²) in [5.41, 5.74) is 6.48. The number of carboxylic acids is 1. The Balaban J connectivity index is 1.53. The largest absolute Gasteiger partial charge is 0.480 e. The number of nitrogens with one attached hydrogen (secondary N) is 5. The molecule has 1 aliphatic heterocycles. The van der Waals surface area contributed by atoms with Gasteiger partial charge in [0, 0.05) is 30.8 Å². The van der Waals surface area contributed by atoms with Gasteiger partial charge in [-0.3, -0.25) is 19.4 Å². The van der Waals surface area contributed by atoms with Crippen LogP contribution in [0.5, 0.6) is 0 Å². The van der Waals surface area contributed by atoms with Gasteiger partial charge in [-0.2, -0.15) is 4.98 Å². The number of nitrogen functional groups attached to an aromatic ring is 1. The predicted octanol–water partition coefficient (Wildman–Crippen LogP) is -0.194. The van der Waals surface area contributed by atoms with Crippen molar-refractivity contribution in [3.63, 3.8) is 0 Å². The number of ether oxygens (including phenoxy) is 1. The summed E-state index contributed by atoms with van der Waals surface area (Å²) in [5, 5.41) is 21.0. The second-order valence-electron chi connectivity index (χ2n) is 7.33. The Kier molecular flexibility index (Phi) is 7.33. The number of anilines is 4. The van der Waals surface area contributed by atoms with Crippen LogP contribution in [-0.2, 0) is 14.3 Å². The number of methoxy groups -OCH3 is 1. The highest BCUT2D eigenvalue weighted by molar-refractivity contribution is 5.97. The zero-order valence-corrected chi connectivity index (χ0v) is 17.8. The van der Waals surface area contributed by atoms with Crippen molar-refractivity contribution < 1.29 is 24.2 Å². The van der Waals surface area contributed by atoms with Crippen molar-refractivity contribution in [3.8, 4) is 0 Å². The normalized spacial score (nSPS) is 15.2. The van der Waals surface area contributed by atoms with Gasteiger partial charge in [0.1, 0.15) is 11.7 Å². The van der Waals surface area contributed by atoms with Gasteiger partial charge in [-0.05, 0) is 30.7 Å². The van der Waals surface area contributed by atoms with Crippen LogP contribution in [0.3, 0.4) is 0 Å². The van der Waals surface area contributed by atoms with E-state index in [0.717, 1.165) is 5.69 Å². The van der Waals surface area contributed by atoms with Gasteiger partial charge in [0.15, 0.2) is 5.82 Å². The number of fused-ring (bicyclic) bond motifs is 1. The topological polar surface area (TPSA) is 201 Å². The minimum Gasteiger partial charge on any atom is -0.480 e. The van der Waals surface area contributed by atoms with Gasteiger partial charge in [0.25, 0.3) is 11.5 Å². The lowest BCUT2D eigenvalue weighted by Gasteiger charge is -2.27. The molecule has 0 bridgehead atoms. The summed E-state index contributed by atoms with van der Waals surface area (Å²) >= 11 is 0. The molecule has 1 aromatic carbocycles. The second kappa shape index (κ2) is 10.3. The first kappa shape index (κ1) is 23.4. The minimum atomic E-state index is -1.24. The van der Waals surface area contributed by atoms with Gasteiger partial charge in [0.05, 0.1) is 13.2 Å². The Morgan fingerprint density at radius 1 is 1.30 bits per heavy atom. The van der Waals surface area contributed by atoms with E-state index < -0.39 is 23.9 Å². The molecule has 8 N–H and O–H groups in total. The SMILES string of the molecule is COC(=O)CC[C@H](NC(=O)c1ccc(NC[C@H]2CNc3nc(N)[nH]c(=O)c3N2)cc1)C(=O)O. The first-order chi connectivity index (χ1) is 15.8. The number of amides is 1. The van der Waals surface area contributed by atoms with E-state index >= 15 is 0 Å². The number of carbonyl (C=O) groups is 3. The number of rotatable bonds is 9. The Hall–Kier alpha value is -4.29. The summed E-state index contributed by atoms with van der Waals surface area (Å²) in [6.07, 6.45) is -0.204. The Morgan fingerprint density at radius 3 is 2.70 bits per heavy atom. The van der Waals surface area contributed by atoms with Crippen LogP contribution in [0.15, 0.2) is 29.1 Å².